The van der Waals surface area contributed by atoms with Crippen molar-refractivity contribution in [3.05, 3.63) is 42.5 Å². The first-order valence-electron chi connectivity index (χ1n) is 6.43. The van der Waals surface area contributed by atoms with E-state index < -0.39 is 10.3 Å². The predicted octanol–water partition coefficient (Wildman–Crippen LogP) is 4.97. The molecule has 0 amide bonds. The average Bonchev–Trinajstić information content (AvgIpc) is 2.36. The van der Waals surface area contributed by atoms with Crippen molar-refractivity contribution in [2.75, 3.05) is 0 Å². The van der Waals surface area contributed by atoms with Gasteiger partial charge in [0.1, 0.15) is 0 Å². The third kappa shape index (κ3) is 3.88. The number of hydrogen-bond donors (Lipinski definition) is 0. The Morgan fingerprint density at radius 2 is 1.65 bits per heavy atom. The molecule has 0 bridgehead atoms. The average molecular weight is 608 g/mol. The van der Waals surface area contributed by atoms with Gasteiger partial charge in [-0.3, -0.25) is 0 Å². The molecule has 0 atom stereocenters. The van der Waals surface area contributed by atoms with Gasteiger partial charge >= 0.3 is 146 Å². The fourth-order valence-corrected chi connectivity index (χ4v) is 15.7. The van der Waals surface area contributed by atoms with Gasteiger partial charge < -0.3 is 0 Å². The molecule has 0 saturated carbocycles. The number of halogens is 2. The molecule has 0 spiro atoms. The number of Topliss-reactive ketones (excluding diaryl/α,β-unsaturated/α-hetero) is 1. The molecule has 4 heteroatoms. The van der Waals surface area contributed by atoms with E-state index in [9.17, 15) is 4.79 Å². The summed E-state index contributed by atoms with van der Waals surface area (Å²) >= 11 is 5.20. The van der Waals surface area contributed by atoms with Crippen LogP contribution in [-0.2, 0) is 4.79 Å². The van der Waals surface area contributed by atoms with Gasteiger partial charge in [-0.25, -0.2) is 0 Å². The third-order valence-corrected chi connectivity index (χ3v) is 18.4. The van der Waals surface area contributed by atoms with E-state index in [4.69, 9.17) is 0 Å². The Morgan fingerprint density at radius 3 is 2.30 bits per heavy atom. The first-order chi connectivity index (χ1) is 9.22. The van der Waals surface area contributed by atoms with Crippen molar-refractivity contribution in [3.8, 4) is 0 Å². The third-order valence-electron chi connectivity index (χ3n) is 3.22. The van der Waals surface area contributed by atoms with Crippen molar-refractivity contribution in [1.82, 2.24) is 0 Å². The zero-order valence-corrected chi connectivity index (χ0v) is 18.5. The van der Waals surface area contributed by atoms with Crippen LogP contribution in [-0.4, -0.2) is 16.1 Å². The summed E-state index contributed by atoms with van der Waals surface area (Å²) in [5.41, 5.74) is -0.238. The Morgan fingerprint density at radius 1 is 1.05 bits per heavy atom. The fraction of sp³-hybridized carbons (Fsp3) is 0.312. The molecule has 0 saturated heterocycles. The molecular formula is C16H18I2OTe. The second kappa shape index (κ2) is 6.39. The van der Waals surface area contributed by atoms with Gasteiger partial charge in [-0.05, 0) is 0 Å². The summed E-state index contributed by atoms with van der Waals surface area (Å²) in [7, 11) is -2.42. The summed E-state index contributed by atoms with van der Waals surface area (Å²) in [6.45, 7) is 6.05. The van der Waals surface area contributed by atoms with Crippen LogP contribution < -0.4 is 3.61 Å². The van der Waals surface area contributed by atoms with Gasteiger partial charge in [0.2, 0.25) is 0 Å². The molecule has 2 rings (SSSR count). The summed E-state index contributed by atoms with van der Waals surface area (Å²) in [6, 6.07) is 15.0. The Bertz CT molecular complexity index is 639. The molecule has 108 valence electrons. The summed E-state index contributed by atoms with van der Waals surface area (Å²) in [5.74, 6) is 0.385. The zero-order chi connectivity index (χ0) is 15.0. The van der Waals surface area contributed by atoms with E-state index in [1.54, 1.807) is 0 Å². The summed E-state index contributed by atoms with van der Waals surface area (Å²) < 4.78 is 2.16. The molecule has 0 N–H and O–H groups in total. The molecule has 0 radical (unpaired) electrons. The molecular weight excluding hydrogens is 590 g/mol. The van der Waals surface area contributed by atoms with Crippen molar-refractivity contribution in [2.24, 2.45) is 5.41 Å². The molecule has 0 unspecified atom stereocenters. The molecule has 0 aliphatic rings. The summed E-state index contributed by atoms with van der Waals surface area (Å²) in [6.07, 6.45) is 0. The molecule has 2 aromatic rings. The molecule has 0 aliphatic carbocycles. The molecule has 20 heavy (non-hydrogen) atoms. The maximum atomic E-state index is 12.4. The van der Waals surface area contributed by atoms with Crippen LogP contribution in [0, 0.1) is 5.41 Å². The Hall–Kier alpha value is 0.620. The quantitative estimate of drug-likeness (QED) is 0.356. The van der Waals surface area contributed by atoms with Crippen molar-refractivity contribution in [1.29, 1.82) is 0 Å². The van der Waals surface area contributed by atoms with E-state index >= 15 is 0 Å². The number of rotatable bonds is 3. The maximum absolute atomic E-state index is 12.4. The molecule has 0 fully saturated rings. The van der Waals surface area contributed by atoms with Crippen LogP contribution in [0.2, 0.25) is 4.47 Å². The van der Waals surface area contributed by atoms with Gasteiger partial charge in [0, 0.05) is 0 Å². The van der Waals surface area contributed by atoms with Crippen molar-refractivity contribution < 1.29 is 4.79 Å². The van der Waals surface area contributed by atoms with Gasteiger partial charge in [0.05, 0.1) is 0 Å². The van der Waals surface area contributed by atoms with Crippen LogP contribution in [0.15, 0.2) is 42.5 Å². The van der Waals surface area contributed by atoms with E-state index in [-0.39, 0.29) is 5.41 Å². The van der Waals surface area contributed by atoms with Gasteiger partial charge in [0.15, 0.2) is 0 Å². The Balaban J connectivity index is 2.44. The van der Waals surface area contributed by atoms with E-state index in [1.807, 2.05) is 20.8 Å². The normalized spacial score (nSPS) is 13.4. The summed E-state index contributed by atoms with van der Waals surface area (Å²) in [4.78, 5) is 12.4. The second-order valence-corrected chi connectivity index (χ2v) is 42.7. The monoisotopic (exact) mass is 610 g/mol. The molecule has 1 nitrogen and oxygen atoms in total. The number of fused-ring (bicyclic) bond motifs is 1. The van der Waals surface area contributed by atoms with Crippen LogP contribution in [0.5, 0.6) is 0 Å². The van der Waals surface area contributed by atoms with E-state index in [0.717, 1.165) is 4.47 Å². The van der Waals surface area contributed by atoms with Crippen LogP contribution in [0.4, 0.5) is 0 Å². The molecule has 0 heterocycles. The van der Waals surface area contributed by atoms with E-state index in [0.29, 0.717) is 5.78 Å². The van der Waals surface area contributed by atoms with E-state index in [2.05, 4.69) is 79.9 Å². The number of hydrogen-bond acceptors (Lipinski definition) is 1. The van der Waals surface area contributed by atoms with Crippen LogP contribution in [0.1, 0.15) is 20.8 Å². The SMILES string of the molecule is CC(C)(C)C(=O)C[Te](I)(I)c1cccc2ccccc12. The molecule has 0 aliphatic heterocycles. The van der Waals surface area contributed by atoms with Crippen LogP contribution in [0.25, 0.3) is 10.8 Å². The number of carbonyl (C=O) groups excluding carboxylic acids is 1. The number of benzene rings is 2. The van der Waals surface area contributed by atoms with Crippen LogP contribution in [0.3, 0.4) is 0 Å². The standard InChI is InChI=1S/C16H18I2OTe/c1-16(2,3)15(19)11-20(17,18)14-10-6-8-12-7-4-5-9-13(12)14/h4-10H,11H2,1-3H3. The predicted molar refractivity (Wildman–Crippen MR) is 107 cm³/mol. The van der Waals surface area contributed by atoms with Gasteiger partial charge in [-0.15, -0.1) is 0 Å². The van der Waals surface area contributed by atoms with E-state index in [1.165, 1.54) is 14.4 Å². The Kier molecular flexibility index (Phi) is 5.43. The first kappa shape index (κ1) is 17.0. The Labute approximate surface area is 144 Å². The minimum absolute atomic E-state index is 0.238. The zero-order valence-electron chi connectivity index (χ0n) is 11.8. The number of carbonyl (C=O) groups is 1. The fourth-order valence-electron chi connectivity index (χ4n) is 1.92. The van der Waals surface area contributed by atoms with Gasteiger partial charge in [-0.2, -0.15) is 0 Å². The second-order valence-electron chi connectivity index (χ2n) is 5.87. The van der Waals surface area contributed by atoms with Crippen molar-refractivity contribution in [3.63, 3.8) is 0 Å². The summed E-state index contributed by atoms with van der Waals surface area (Å²) in [5, 5.41) is 2.60. The van der Waals surface area contributed by atoms with Crippen molar-refractivity contribution >= 4 is 67.8 Å². The van der Waals surface area contributed by atoms with Crippen molar-refractivity contribution in [2.45, 2.75) is 25.2 Å². The molecule has 2 aromatic carbocycles. The van der Waals surface area contributed by atoms with Gasteiger partial charge in [0.25, 0.3) is 0 Å². The first-order valence-corrected chi connectivity index (χ1v) is 22.8. The number of ketones is 1. The van der Waals surface area contributed by atoms with Gasteiger partial charge in [-0.1, -0.05) is 0 Å². The van der Waals surface area contributed by atoms with Crippen LogP contribution >= 0.6 is 37.4 Å². The topological polar surface area (TPSA) is 17.1 Å². The minimum atomic E-state index is -2.42. The molecule has 0 aromatic heterocycles.